The Morgan fingerprint density at radius 3 is 2.82 bits per heavy atom. The Bertz CT molecular complexity index is 1170. The van der Waals surface area contributed by atoms with Gasteiger partial charge in [-0.1, -0.05) is 13.0 Å². The fourth-order valence-corrected chi connectivity index (χ4v) is 5.29. The average molecular weight is 469 g/mol. The summed E-state index contributed by atoms with van der Waals surface area (Å²) in [6.45, 7) is 2.85. The third kappa shape index (κ3) is 4.94. The van der Waals surface area contributed by atoms with E-state index in [1.54, 1.807) is 19.2 Å². The van der Waals surface area contributed by atoms with Crippen molar-refractivity contribution in [2.24, 2.45) is 0 Å². The summed E-state index contributed by atoms with van der Waals surface area (Å²) in [7, 11) is 1.58. The number of ether oxygens (including phenoxy) is 1. The van der Waals surface area contributed by atoms with Gasteiger partial charge >= 0.3 is 0 Å². The number of aryl methyl sites for hydroxylation is 2. The molecule has 4 N–H and O–H groups in total. The minimum absolute atomic E-state index is 0.103. The van der Waals surface area contributed by atoms with E-state index in [4.69, 9.17) is 4.74 Å². The smallest absolute Gasteiger partial charge is 0.274 e. The molecule has 2 aromatic heterocycles. The van der Waals surface area contributed by atoms with Gasteiger partial charge < -0.3 is 20.5 Å². The number of rotatable bonds is 8. The van der Waals surface area contributed by atoms with Crippen molar-refractivity contribution in [1.82, 2.24) is 15.5 Å². The normalized spacial score (nSPS) is 12.9. The maximum atomic E-state index is 13.0. The molecule has 4 rings (SSSR count). The van der Waals surface area contributed by atoms with Gasteiger partial charge in [0.15, 0.2) is 0 Å². The number of amides is 2. The molecule has 1 aliphatic carbocycles. The van der Waals surface area contributed by atoms with Crippen molar-refractivity contribution in [3.63, 3.8) is 0 Å². The van der Waals surface area contributed by atoms with Crippen LogP contribution in [0.4, 0.5) is 5.00 Å². The Morgan fingerprint density at radius 2 is 2.03 bits per heavy atom. The third-order valence-electron chi connectivity index (χ3n) is 5.78. The maximum absolute atomic E-state index is 13.0. The van der Waals surface area contributed by atoms with Crippen molar-refractivity contribution in [2.75, 3.05) is 25.6 Å². The first-order valence-electron chi connectivity index (χ1n) is 11.1. The number of methoxy groups -OCH3 is 1. The lowest BCUT2D eigenvalue weighted by atomic mass is 9.95. The van der Waals surface area contributed by atoms with E-state index in [1.165, 1.54) is 11.3 Å². The second-order valence-electron chi connectivity index (χ2n) is 7.99. The van der Waals surface area contributed by atoms with E-state index in [0.29, 0.717) is 35.0 Å². The number of fused-ring (bicyclic) bond motifs is 1. The second-order valence-corrected chi connectivity index (χ2v) is 9.09. The molecule has 0 spiro atoms. The molecule has 2 heterocycles. The van der Waals surface area contributed by atoms with E-state index in [-0.39, 0.29) is 23.3 Å². The molecule has 2 amide bonds. The number of hydrogen-bond donors (Lipinski definition) is 4. The largest absolute Gasteiger partial charge is 0.507 e. The first-order chi connectivity index (χ1) is 16.0. The molecule has 0 unspecified atom stereocenters. The van der Waals surface area contributed by atoms with Crippen molar-refractivity contribution >= 4 is 28.2 Å². The Balaban J connectivity index is 1.58. The molecule has 1 aliphatic rings. The summed E-state index contributed by atoms with van der Waals surface area (Å²) in [5.74, 6) is -0.482. The fourth-order valence-electron chi connectivity index (χ4n) is 4.00. The molecular weight excluding hydrogens is 440 g/mol. The zero-order valence-corrected chi connectivity index (χ0v) is 19.6. The SMILES string of the molecule is CCc1ccc(O)c(-c2cc(C(=O)Nc3sc4c(c3C(=O)NCCOC)CCCC4)[nH]n2)c1. The first kappa shape index (κ1) is 23.0. The number of phenols is 1. The molecule has 0 saturated heterocycles. The predicted octanol–water partition coefficient (Wildman–Crippen LogP) is 3.91. The van der Waals surface area contributed by atoms with Crippen molar-refractivity contribution < 1.29 is 19.4 Å². The maximum Gasteiger partial charge on any atom is 0.274 e. The van der Waals surface area contributed by atoms with Gasteiger partial charge in [0.2, 0.25) is 0 Å². The van der Waals surface area contributed by atoms with Gasteiger partial charge in [-0.25, -0.2) is 0 Å². The quantitative estimate of drug-likeness (QED) is 0.374. The monoisotopic (exact) mass is 468 g/mol. The summed E-state index contributed by atoms with van der Waals surface area (Å²) < 4.78 is 5.03. The van der Waals surface area contributed by atoms with Crippen LogP contribution in [0.25, 0.3) is 11.3 Å². The number of benzene rings is 1. The summed E-state index contributed by atoms with van der Waals surface area (Å²) in [5.41, 5.74) is 3.94. The van der Waals surface area contributed by atoms with E-state index in [2.05, 4.69) is 20.8 Å². The van der Waals surface area contributed by atoms with Crippen LogP contribution in [-0.4, -0.2) is 47.4 Å². The lowest BCUT2D eigenvalue weighted by molar-refractivity contribution is 0.0937. The number of thiophene rings is 1. The third-order valence-corrected chi connectivity index (χ3v) is 6.99. The summed E-state index contributed by atoms with van der Waals surface area (Å²) in [5, 5.41) is 23.6. The van der Waals surface area contributed by atoms with E-state index in [0.717, 1.165) is 48.1 Å². The molecule has 0 saturated carbocycles. The summed E-state index contributed by atoms with van der Waals surface area (Å²) >= 11 is 1.46. The van der Waals surface area contributed by atoms with Crippen LogP contribution >= 0.6 is 11.3 Å². The molecule has 3 aromatic rings. The van der Waals surface area contributed by atoms with Crippen molar-refractivity contribution in [2.45, 2.75) is 39.0 Å². The Kier molecular flexibility index (Phi) is 7.10. The number of aromatic hydroxyl groups is 1. The number of carbonyl (C=O) groups excluding carboxylic acids is 2. The zero-order valence-electron chi connectivity index (χ0n) is 18.8. The van der Waals surface area contributed by atoms with Crippen LogP contribution in [0.15, 0.2) is 24.3 Å². The van der Waals surface area contributed by atoms with Gasteiger partial charge in [-0.15, -0.1) is 11.3 Å². The van der Waals surface area contributed by atoms with Crippen molar-refractivity contribution in [1.29, 1.82) is 0 Å². The molecule has 8 nitrogen and oxygen atoms in total. The van der Waals surface area contributed by atoms with E-state index in [9.17, 15) is 14.7 Å². The molecule has 0 atom stereocenters. The van der Waals surface area contributed by atoms with Gasteiger partial charge in [0.25, 0.3) is 11.8 Å². The Morgan fingerprint density at radius 1 is 1.21 bits per heavy atom. The molecule has 0 radical (unpaired) electrons. The van der Waals surface area contributed by atoms with Crippen LogP contribution < -0.4 is 10.6 Å². The predicted molar refractivity (Wildman–Crippen MR) is 128 cm³/mol. The molecule has 9 heteroatoms. The van der Waals surface area contributed by atoms with Crippen molar-refractivity contribution in [3.05, 3.63) is 51.5 Å². The highest BCUT2D eigenvalue weighted by molar-refractivity contribution is 7.17. The second kappa shape index (κ2) is 10.2. The lowest BCUT2D eigenvalue weighted by Gasteiger charge is -2.13. The number of aromatic nitrogens is 2. The van der Waals surface area contributed by atoms with Gasteiger partial charge in [-0.3, -0.25) is 14.7 Å². The topological polar surface area (TPSA) is 116 Å². The molecular formula is C24H28N4O4S. The summed E-state index contributed by atoms with van der Waals surface area (Å²) in [4.78, 5) is 27.1. The molecule has 1 aromatic carbocycles. The van der Waals surface area contributed by atoms with Crippen LogP contribution in [0, 0.1) is 0 Å². The lowest BCUT2D eigenvalue weighted by Crippen LogP contribution is -2.28. The van der Waals surface area contributed by atoms with Crippen LogP contribution in [0.5, 0.6) is 5.75 Å². The summed E-state index contributed by atoms with van der Waals surface area (Å²) in [6.07, 6.45) is 4.67. The number of aromatic amines is 1. The van der Waals surface area contributed by atoms with Crippen LogP contribution in [-0.2, 0) is 24.0 Å². The van der Waals surface area contributed by atoms with Gasteiger partial charge in [0, 0.05) is 24.1 Å². The average Bonchev–Trinajstić information content (AvgIpc) is 3.44. The number of phenolic OH excluding ortho intramolecular Hbond substituents is 1. The van der Waals surface area contributed by atoms with E-state index >= 15 is 0 Å². The number of hydrogen-bond acceptors (Lipinski definition) is 6. The standard InChI is InChI=1S/C24H28N4O4S/c1-3-14-8-9-19(29)16(12-14)17-13-18(28-27-17)22(30)26-24-21(23(31)25-10-11-32-2)15-6-4-5-7-20(15)33-24/h8-9,12-13,29H,3-7,10-11H2,1-2H3,(H,25,31)(H,26,30)(H,27,28). The van der Waals surface area contributed by atoms with Crippen LogP contribution in [0.3, 0.4) is 0 Å². The van der Waals surface area contributed by atoms with Gasteiger partial charge in [0.05, 0.1) is 17.9 Å². The zero-order chi connectivity index (χ0) is 23.4. The number of anilines is 1. The Hall–Kier alpha value is -3.17. The van der Waals surface area contributed by atoms with Crippen molar-refractivity contribution in [3.8, 4) is 17.0 Å². The highest BCUT2D eigenvalue weighted by Gasteiger charge is 2.27. The molecule has 0 aliphatic heterocycles. The van der Waals surface area contributed by atoms with Crippen LogP contribution in [0.2, 0.25) is 0 Å². The number of H-pyrrole nitrogens is 1. The number of nitrogens with zero attached hydrogens (tertiary/aromatic N) is 1. The van der Waals surface area contributed by atoms with Gasteiger partial charge in [0.1, 0.15) is 16.4 Å². The van der Waals surface area contributed by atoms with Gasteiger partial charge in [-0.2, -0.15) is 5.10 Å². The minimum Gasteiger partial charge on any atom is -0.507 e. The molecule has 33 heavy (non-hydrogen) atoms. The van der Waals surface area contributed by atoms with Gasteiger partial charge in [-0.05, 0) is 61.4 Å². The first-order valence-corrected chi connectivity index (χ1v) is 11.9. The van der Waals surface area contributed by atoms with E-state index < -0.39 is 0 Å². The highest BCUT2D eigenvalue weighted by atomic mass is 32.1. The molecule has 0 bridgehead atoms. The Labute approximate surface area is 196 Å². The van der Waals surface area contributed by atoms with E-state index in [1.807, 2.05) is 19.1 Å². The minimum atomic E-state index is -0.385. The van der Waals surface area contributed by atoms with Crippen LogP contribution in [0.1, 0.15) is 56.6 Å². The number of carbonyl (C=O) groups is 2. The molecule has 0 fully saturated rings. The number of nitrogens with one attached hydrogen (secondary N) is 3. The fraction of sp³-hybridized carbons (Fsp3) is 0.375. The highest BCUT2D eigenvalue weighted by Crippen LogP contribution is 2.38. The summed E-state index contributed by atoms with van der Waals surface area (Å²) in [6, 6.07) is 6.96. The molecule has 174 valence electrons.